The molecule has 0 aliphatic heterocycles. The van der Waals surface area contributed by atoms with Gasteiger partial charge in [0.2, 0.25) is 0 Å². The molecule has 0 aromatic rings. The van der Waals surface area contributed by atoms with Crippen molar-refractivity contribution in [2.24, 2.45) is 4.99 Å². The highest BCUT2D eigenvalue weighted by Crippen LogP contribution is 2.16. The fourth-order valence-electron chi connectivity index (χ4n) is 0.449. The summed E-state index contributed by atoms with van der Waals surface area (Å²) < 4.78 is 46.6. The van der Waals surface area contributed by atoms with E-state index >= 15 is 0 Å². The SMILES string of the molecule is CC(C)(C)N/C(F)=N/C(F)(F)F. The topological polar surface area (TPSA) is 24.4 Å². The van der Waals surface area contributed by atoms with E-state index in [-0.39, 0.29) is 0 Å². The molecule has 0 fully saturated rings. The Morgan fingerprint density at radius 1 is 1.17 bits per heavy atom. The summed E-state index contributed by atoms with van der Waals surface area (Å²) >= 11 is 0. The summed E-state index contributed by atoms with van der Waals surface area (Å²) in [4.78, 5) is 1.83. The number of amidine groups is 1. The molecule has 0 bridgehead atoms. The van der Waals surface area contributed by atoms with Crippen molar-refractivity contribution in [1.29, 1.82) is 0 Å². The molecule has 0 aromatic carbocycles. The Balaban J connectivity index is 4.23. The third-order valence-corrected chi connectivity index (χ3v) is 0.703. The molecule has 0 heterocycles. The van der Waals surface area contributed by atoms with Gasteiger partial charge in [0.1, 0.15) is 0 Å². The smallest absolute Gasteiger partial charge is 0.342 e. The Morgan fingerprint density at radius 2 is 1.58 bits per heavy atom. The van der Waals surface area contributed by atoms with Gasteiger partial charge in [0.15, 0.2) is 0 Å². The summed E-state index contributed by atoms with van der Waals surface area (Å²) in [6, 6.07) is 0. The molecule has 0 amide bonds. The van der Waals surface area contributed by atoms with Gasteiger partial charge in [0.05, 0.1) is 0 Å². The molecule has 1 N–H and O–H groups in total. The molecule has 12 heavy (non-hydrogen) atoms. The van der Waals surface area contributed by atoms with E-state index in [9.17, 15) is 17.6 Å². The lowest BCUT2D eigenvalue weighted by molar-refractivity contribution is -0.120. The van der Waals surface area contributed by atoms with Crippen LogP contribution in [0.1, 0.15) is 20.8 Å². The molecule has 2 nitrogen and oxygen atoms in total. The molecule has 72 valence electrons. The van der Waals surface area contributed by atoms with Crippen LogP contribution in [0.15, 0.2) is 4.99 Å². The summed E-state index contributed by atoms with van der Waals surface area (Å²) in [5, 5.41) is 1.94. The Bertz CT molecular complexity index is 177. The number of hydrogen-bond acceptors (Lipinski definition) is 1. The second-order valence-corrected chi connectivity index (χ2v) is 3.25. The number of halogens is 4. The van der Waals surface area contributed by atoms with Gasteiger partial charge < -0.3 is 5.32 Å². The largest absolute Gasteiger partial charge is 0.506 e. The molecule has 0 radical (unpaired) electrons. The molecular weight excluding hydrogens is 176 g/mol. The first-order chi connectivity index (χ1) is 5.10. The van der Waals surface area contributed by atoms with Gasteiger partial charge >= 0.3 is 6.30 Å². The molecule has 0 aliphatic rings. The average Bonchev–Trinajstić information content (AvgIpc) is 1.49. The van der Waals surface area contributed by atoms with Crippen molar-refractivity contribution in [3.63, 3.8) is 0 Å². The number of alkyl halides is 3. The van der Waals surface area contributed by atoms with Crippen molar-refractivity contribution >= 4 is 6.09 Å². The summed E-state index contributed by atoms with van der Waals surface area (Å²) in [6.45, 7) is 4.58. The number of rotatable bonds is 0. The molecule has 0 aromatic heterocycles. The zero-order valence-corrected chi connectivity index (χ0v) is 6.96. The van der Waals surface area contributed by atoms with Gasteiger partial charge in [-0.05, 0) is 20.8 Å². The quantitative estimate of drug-likeness (QED) is 0.267. The highest BCUT2D eigenvalue weighted by atomic mass is 19.4. The van der Waals surface area contributed by atoms with Crippen LogP contribution >= 0.6 is 0 Å². The normalized spacial score (nSPS) is 14.8. The first kappa shape index (κ1) is 11.2. The lowest BCUT2D eigenvalue weighted by atomic mass is 10.1. The number of aliphatic imine (C=N–C) groups is 1. The van der Waals surface area contributed by atoms with E-state index in [0.29, 0.717) is 0 Å². The minimum atomic E-state index is -4.86. The maximum Gasteiger partial charge on any atom is 0.506 e. The van der Waals surface area contributed by atoms with Crippen LogP contribution in [0.25, 0.3) is 0 Å². The Kier molecular flexibility index (Phi) is 3.06. The van der Waals surface area contributed by atoms with Gasteiger partial charge in [-0.3, -0.25) is 0 Å². The molecule has 6 heteroatoms. The molecule has 0 atom stereocenters. The van der Waals surface area contributed by atoms with E-state index in [0.717, 1.165) is 0 Å². The zero-order chi connectivity index (χ0) is 9.99. The maximum atomic E-state index is 12.3. The van der Waals surface area contributed by atoms with Crippen molar-refractivity contribution in [3.8, 4) is 0 Å². The minimum absolute atomic E-state index is 0.765. The summed E-state index contributed by atoms with van der Waals surface area (Å²) in [5.41, 5.74) is -0.765. The van der Waals surface area contributed by atoms with Crippen LogP contribution < -0.4 is 5.32 Å². The lowest BCUT2D eigenvalue weighted by Gasteiger charge is -2.19. The van der Waals surface area contributed by atoms with Crippen LogP contribution in [-0.2, 0) is 0 Å². The standard InChI is InChI=1S/C6H10F4N2/c1-5(2,3)11-4(7)12-6(8,9)10/h1-3H3,(H,11,12). The van der Waals surface area contributed by atoms with Crippen LogP contribution in [0.4, 0.5) is 17.6 Å². The minimum Gasteiger partial charge on any atom is -0.342 e. The summed E-state index contributed by atoms with van der Waals surface area (Å²) in [5.74, 6) is 0. The van der Waals surface area contributed by atoms with E-state index in [1.54, 1.807) is 0 Å². The summed E-state index contributed by atoms with van der Waals surface area (Å²) in [6.07, 6.45) is -6.47. The van der Waals surface area contributed by atoms with E-state index in [1.807, 2.05) is 10.3 Å². The third-order valence-electron chi connectivity index (χ3n) is 0.703. The molecular formula is C6H10F4N2. The maximum absolute atomic E-state index is 12.3. The van der Waals surface area contributed by atoms with E-state index < -0.39 is 17.9 Å². The van der Waals surface area contributed by atoms with Gasteiger partial charge in [-0.1, -0.05) is 0 Å². The van der Waals surface area contributed by atoms with Crippen LogP contribution in [0.5, 0.6) is 0 Å². The van der Waals surface area contributed by atoms with Crippen LogP contribution in [0.2, 0.25) is 0 Å². The average molecular weight is 186 g/mol. The van der Waals surface area contributed by atoms with Gasteiger partial charge in [-0.25, -0.2) is 0 Å². The van der Waals surface area contributed by atoms with E-state index in [1.165, 1.54) is 20.8 Å². The van der Waals surface area contributed by atoms with Crippen molar-refractivity contribution in [3.05, 3.63) is 0 Å². The second-order valence-electron chi connectivity index (χ2n) is 3.25. The molecule has 0 saturated carbocycles. The van der Waals surface area contributed by atoms with E-state index in [4.69, 9.17) is 0 Å². The van der Waals surface area contributed by atoms with Crippen molar-refractivity contribution < 1.29 is 17.6 Å². The molecule has 0 aliphatic carbocycles. The molecule has 0 rings (SSSR count). The Hall–Kier alpha value is -0.810. The van der Waals surface area contributed by atoms with Crippen LogP contribution in [0.3, 0.4) is 0 Å². The molecule has 0 saturated heterocycles. The zero-order valence-electron chi connectivity index (χ0n) is 6.96. The highest BCUT2D eigenvalue weighted by Gasteiger charge is 2.28. The first-order valence-electron chi connectivity index (χ1n) is 3.20. The third kappa shape index (κ3) is 7.30. The molecule has 0 spiro atoms. The number of hydrogen-bond donors (Lipinski definition) is 1. The fourth-order valence-corrected chi connectivity index (χ4v) is 0.449. The Morgan fingerprint density at radius 3 is 1.83 bits per heavy atom. The fraction of sp³-hybridized carbons (Fsp3) is 0.833. The van der Waals surface area contributed by atoms with Gasteiger partial charge in [-0.15, -0.1) is 18.2 Å². The monoisotopic (exact) mass is 186 g/mol. The number of nitrogens with one attached hydrogen (secondary N) is 1. The predicted molar refractivity (Wildman–Crippen MR) is 37.5 cm³/mol. The molecule has 0 unspecified atom stereocenters. The van der Waals surface area contributed by atoms with Crippen molar-refractivity contribution in [1.82, 2.24) is 5.32 Å². The summed E-state index contributed by atoms with van der Waals surface area (Å²) in [7, 11) is 0. The van der Waals surface area contributed by atoms with Gasteiger partial charge in [0, 0.05) is 5.54 Å². The number of nitrogens with zero attached hydrogens (tertiary/aromatic N) is 1. The van der Waals surface area contributed by atoms with Gasteiger partial charge in [-0.2, -0.15) is 4.39 Å². The second kappa shape index (κ2) is 3.28. The van der Waals surface area contributed by atoms with Crippen molar-refractivity contribution in [2.45, 2.75) is 32.6 Å². The van der Waals surface area contributed by atoms with Crippen LogP contribution in [-0.4, -0.2) is 17.9 Å². The van der Waals surface area contributed by atoms with Crippen molar-refractivity contribution in [2.75, 3.05) is 0 Å². The Labute approximate surface area is 67.7 Å². The van der Waals surface area contributed by atoms with E-state index in [2.05, 4.69) is 0 Å². The van der Waals surface area contributed by atoms with Gasteiger partial charge in [0.25, 0.3) is 6.09 Å². The highest BCUT2D eigenvalue weighted by molar-refractivity contribution is 5.73. The predicted octanol–water partition coefficient (Wildman–Crippen LogP) is 2.22. The first-order valence-corrected chi connectivity index (χ1v) is 3.20. The lowest BCUT2D eigenvalue weighted by Crippen LogP contribution is -2.39. The van der Waals surface area contributed by atoms with Crippen LogP contribution in [0, 0.1) is 0 Å².